The van der Waals surface area contributed by atoms with Gasteiger partial charge in [-0.05, 0) is 73.9 Å². The van der Waals surface area contributed by atoms with Gasteiger partial charge in [0.2, 0.25) is 5.13 Å². The number of hydrogen-bond acceptors (Lipinski definition) is 9. The maximum atomic E-state index is 15.4. The van der Waals surface area contributed by atoms with Crippen LogP contribution >= 0.6 is 23.6 Å². The van der Waals surface area contributed by atoms with E-state index in [1.165, 1.54) is 24.3 Å². The normalized spacial score (nSPS) is 16.1. The van der Waals surface area contributed by atoms with Crippen LogP contribution in [-0.2, 0) is 6.67 Å². The van der Waals surface area contributed by atoms with E-state index in [0.717, 1.165) is 24.2 Å². The monoisotopic (exact) mass is 592 g/mol. The fraction of sp³-hybridized carbons (Fsp3) is 0.345. The largest absolute Gasteiger partial charge is 0.497 e. The number of ether oxygens (including phenoxy) is 1. The van der Waals surface area contributed by atoms with Gasteiger partial charge in [-0.1, -0.05) is 11.3 Å². The molecule has 0 unspecified atom stereocenters. The van der Waals surface area contributed by atoms with Crippen molar-refractivity contribution in [3.05, 3.63) is 73.7 Å². The molecule has 2 aliphatic rings. The Balaban J connectivity index is 1.15. The number of ketones is 1. The predicted octanol–water partition coefficient (Wildman–Crippen LogP) is 5.20. The van der Waals surface area contributed by atoms with Gasteiger partial charge in [0.25, 0.3) is 0 Å². The number of methoxy groups -OCH3 is 1. The number of anilines is 1. The highest BCUT2D eigenvalue weighted by molar-refractivity contribution is 7.73. The lowest BCUT2D eigenvalue weighted by molar-refractivity contribution is 0.101. The van der Waals surface area contributed by atoms with Crippen LogP contribution in [0.15, 0.2) is 52.4 Å². The molecule has 1 aliphatic carbocycles. The van der Waals surface area contributed by atoms with Crippen molar-refractivity contribution in [2.45, 2.75) is 32.5 Å². The number of rotatable bonds is 8. The van der Waals surface area contributed by atoms with Crippen LogP contribution in [0.3, 0.4) is 0 Å². The number of piperazine rings is 1. The van der Waals surface area contributed by atoms with Crippen molar-refractivity contribution in [1.82, 2.24) is 19.2 Å². The number of carbonyl (C=O) groups is 1. The minimum atomic E-state index is -0.452. The van der Waals surface area contributed by atoms with E-state index in [-0.39, 0.29) is 22.8 Å². The van der Waals surface area contributed by atoms with Gasteiger partial charge in [-0.3, -0.25) is 14.5 Å². The van der Waals surface area contributed by atoms with Gasteiger partial charge < -0.3 is 14.2 Å². The molecule has 2 aromatic heterocycles. The SMILES string of the molecule is COc1ccc(C=Nc2nn(CN3CCN(c4cc5c(cc4F)c(=O)c(C(C)=O)cn5C4CC4)CC3)c(=S)s2)cc1. The van der Waals surface area contributed by atoms with Crippen molar-refractivity contribution in [2.24, 2.45) is 4.99 Å². The summed E-state index contributed by atoms with van der Waals surface area (Å²) in [5, 5.41) is 5.41. The summed E-state index contributed by atoms with van der Waals surface area (Å²) in [6.07, 6.45) is 5.36. The fourth-order valence-corrected chi connectivity index (χ4v) is 6.01. The number of hydrogen-bond donors (Lipinski definition) is 0. The van der Waals surface area contributed by atoms with Crippen molar-refractivity contribution >= 4 is 57.3 Å². The van der Waals surface area contributed by atoms with Crippen LogP contribution in [0.4, 0.5) is 15.2 Å². The van der Waals surface area contributed by atoms with Crippen LogP contribution in [0, 0.1) is 9.77 Å². The van der Waals surface area contributed by atoms with Crippen molar-refractivity contribution in [3.63, 3.8) is 0 Å². The van der Waals surface area contributed by atoms with E-state index in [1.807, 2.05) is 33.7 Å². The number of halogens is 1. The summed E-state index contributed by atoms with van der Waals surface area (Å²) in [6, 6.07) is 10.9. The predicted molar refractivity (Wildman–Crippen MR) is 161 cm³/mol. The van der Waals surface area contributed by atoms with Gasteiger partial charge in [-0.2, -0.15) is 0 Å². The Morgan fingerprint density at radius 2 is 1.93 bits per heavy atom. The molecule has 0 bridgehead atoms. The van der Waals surface area contributed by atoms with Gasteiger partial charge >= 0.3 is 0 Å². The highest BCUT2D eigenvalue weighted by Crippen LogP contribution is 2.38. The van der Waals surface area contributed by atoms with E-state index in [4.69, 9.17) is 17.0 Å². The molecule has 0 atom stereocenters. The molecule has 9 nitrogen and oxygen atoms in total. The van der Waals surface area contributed by atoms with Crippen LogP contribution < -0.4 is 15.1 Å². The molecule has 0 amide bonds. The average molecular weight is 593 g/mol. The minimum Gasteiger partial charge on any atom is -0.497 e. The summed E-state index contributed by atoms with van der Waals surface area (Å²) in [5.41, 5.74) is 1.79. The standard InChI is InChI=1S/C29H29FN6O3S2/c1-18(37)23-16-35(20-5-6-20)25-14-26(24(30)13-22(25)27(23)38)34-11-9-33(10-12-34)17-36-29(40)41-28(32-36)31-15-19-3-7-21(39-2)8-4-19/h3-4,7-8,13-16,20H,5-6,9-12,17H2,1-2H3. The number of aromatic nitrogens is 3. The topological polar surface area (TPSA) is 85.0 Å². The van der Waals surface area contributed by atoms with Gasteiger partial charge in [0.1, 0.15) is 11.6 Å². The Bertz CT molecular complexity index is 1770. The molecule has 3 heterocycles. The Morgan fingerprint density at radius 1 is 1.20 bits per heavy atom. The smallest absolute Gasteiger partial charge is 0.230 e. The summed E-state index contributed by atoms with van der Waals surface area (Å²) < 4.78 is 24.9. The Labute approximate surface area is 245 Å². The molecule has 212 valence electrons. The zero-order valence-electron chi connectivity index (χ0n) is 22.7. The maximum Gasteiger partial charge on any atom is 0.230 e. The van der Waals surface area contributed by atoms with Gasteiger partial charge in [0.15, 0.2) is 15.2 Å². The number of carbonyl (C=O) groups excluding carboxylic acids is 1. The maximum absolute atomic E-state index is 15.4. The number of Topliss-reactive ketones (excluding diaryl/α,β-unsaturated/α-hetero) is 1. The molecule has 1 saturated heterocycles. The second-order valence-electron chi connectivity index (χ2n) is 10.3. The fourth-order valence-electron chi connectivity index (χ4n) is 5.08. The quantitative estimate of drug-likeness (QED) is 0.158. The minimum absolute atomic E-state index is 0.111. The second kappa shape index (κ2) is 11.3. The third-order valence-corrected chi connectivity index (χ3v) is 8.72. The highest BCUT2D eigenvalue weighted by atomic mass is 32.1. The first-order chi connectivity index (χ1) is 19.8. The van der Waals surface area contributed by atoms with Crippen molar-refractivity contribution in [2.75, 3.05) is 38.2 Å². The summed E-state index contributed by atoms with van der Waals surface area (Å²) in [6.45, 7) is 4.51. The van der Waals surface area contributed by atoms with Crippen molar-refractivity contribution in [3.8, 4) is 5.75 Å². The van der Waals surface area contributed by atoms with E-state index in [0.29, 0.717) is 53.1 Å². The van der Waals surface area contributed by atoms with E-state index in [1.54, 1.807) is 30.3 Å². The summed E-state index contributed by atoms with van der Waals surface area (Å²) in [5.74, 6) is 0.0303. The average Bonchev–Trinajstić information content (AvgIpc) is 3.76. The molecule has 6 rings (SSSR count). The molecule has 0 N–H and O–H groups in total. The van der Waals surface area contributed by atoms with E-state index in [2.05, 4.69) is 15.0 Å². The van der Waals surface area contributed by atoms with Crippen LogP contribution in [0.5, 0.6) is 5.75 Å². The number of nitrogens with zero attached hydrogens (tertiary/aromatic N) is 6. The van der Waals surface area contributed by atoms with Crippen LogP contribution in [0.25, 0.3) is 10.9 Å². The first-order valence-electron chi connectivity index (χ1n) is 13.4. The second-order valence-corrected chi connectivity index (χ2v) is 11.9. The highest BCUT2D eigenvalue weighted by Gasteiger charge is 2.28. The number of fused-ring (bicyclic) bond motifs is 1. The third kappa shape index (κ3) is 5.72. The number of pyridine rings is 1. The molecule has 12 heteroatoms. The van der Waals surface area contributed by atoms with Gasteiger partial charge in [0.05, 0.1) is 30.5 Å². The number of benzene rings is 2. The Morgan fingerprint density at radius 3 is 2.59 bits per heavy atom. The zero-order chi connectivity index (χ0) is 28.7. The molecule has 0 spiro atoms. The lowest BCUT2D eigenvalue weighted by atomic mass is 10.1. The molecular formula is C29H29FN6O3S2. The van der Waals surface area contributed by atoms with E-state index in [9.17, 15) is 9.59 Å². The first-order valence-corrected chi connectivity index (χ1v) is 14.7. The Hall–Kier alpha value is -3.74. The summed E-state index contributed by atoms with van der Waals surface area (Å²) in [4.78, 5) is 33.7. The van der Waals surface area contributed by atoms with Crippen molar-refractivity contribution < 1.29 is 13.9 Å². The lowest BCUT2D eigenvalue weighted by Crippen LogP contribution is -2.47. The lowest BCUT2D eigenvalue weighted by Gasteiger charge is -2.36. The van der Waals surface area contributed by atoms with Gasteiger partial charge in [0, 0.05) is 50.0 Å². The Kier molecular flexibility index (Phi) is 7.54. The molecule has 4 aromatic rings. The van der Waals surface area contributed by atoms with Crippen LogP contribution in [0.2, 0.25) is 0 Å². The first kappa shape index (κ1) is 27.4. The van der Waals surface area contributed by atoms with Crippen LogP contribution in [0.1, 0.15) is 41.7 Å². The molecule has 1 aliphatic heterocycles. The zero-order valence-corrected chi connectivity index (χ0v) is 24.4. The molecule has 2 aromatic carbocycles. The molecule has 41 heavy (non-hydrogen) atoms. The van der Waals surface area contributed by atoms with Crippen molar-refractivity contribution in [1.29, 1.82) is 0 Å². The molecule has 1 saturated carbocycles. The van der Waals surface area contributed by atoms with Crippen LogP contribution in [-0.4, -0.2) is 64.5 Å². The van der Waals surface area contributed by atoms with Gasteiger partial charge in [-0.25, -0.2) is 14.1 Å². The molecule has 2 fully saturated rings. The summed E-state index contributed by atoms with van der Waals surface area (Å²) >= 11 is 6.88. The molecular weight excluding hydrogens is 563 g/mol. The third-order valence-electron chi connectivity index (χ3n) is 7.50. The molecule has 0 radical (unpaired) electrons. The number of aliphatic imine (C=N–C) groups is 1. The van der Waals surface area contributed by atoms with E-state index < -0.39 is 11.2 Å². The summed E-state index contributed by atoms with van der Waals surface area (Å²) in [7, 11) is 1.63. The van der Waals surface area contributed by atoms with Gasteiger partial charge in [-0.15, -0.1) is 5.10 Å². The van der Waals surface area contributed by atoms with E-state index >= 15 is 4.39 Å².